The average Bonchev–Trinajstić information content (AvgIpc) is 2.70. The topological polar surface area (TPSA) is 75.3 Å². The first-order chi connectivity index (χ1) is 13.0. The van der Waals surface area contributed by atoms with Crippen LogP contribution < -0.4 is 10.9 Å². The second-order valence-corrected chi connectivity index (χ2v) is 6.37. The molecule has 0 aliphatic carbocycles. The van der Waals surface area contributed by atoms with Gasteiger partial charge in [-0.15, -0.1) is 0 Å². The molecule has 0 spiro atoms. The molecule has 0 saturated heterocycles. The van der Waals surface area contributed by atoms with Gasteiger partial charge in [-0.05, 0) is 29.0 Å². The molecule has 0 unspecified atom stereocenters. The maximum Gasteiger partial charge on any atom is 0.271 e. The van der Waals surface area contributed by atoms with E-state index in [9.17, 15) is 14.4 Å². The van der Waals surface area contributed by atoms with Crippen molar-refractivity contribution in [2.45, 2.75) is 12.8 Å². The number of Topliss-reactive ketones (excluding diaryl/α,β-unsaturated/α-hetero) is 1. The Balaban J connectivity index is 1.51. The summed E-state index contributed by atoms with van der Waals surface area (Å²) in [5.74, 6) is -1.10. The number of carbonyl (C=O) groups excluding carboxylic acids is 3. The van der Waals surface area contributed by atoms with Gasteiger partial charge in [0.2, 0.25) is 5.91 Å². The number of hydrogen-bond donors (Lipinski definition) is 2. The Kier molecular flexibility index (Phi) is 5.84. The van der Waals surface area contributed by atoms with Crippen LogP contribution in [-0.2, 0) is 4.79 Å². The number of hydrazine groups is 1. The summed E-state index contributed by atoms with van der Waals surface area (Å²) in [4.78, 5) is 36.2. The quantitative estimate of drug-likeness (QED) is 0.520. The zero-order chi connectivity index (χ0) is 19.2. The zero-order valence-corrected chi connectivity index (χ0v) is 15.1. The van der Waals surface area contributed by atoms with Gasteiger partial charge in [-0.3, -0.25) is 25.2 Å². The van der Waals surface area contributed by atoms with Gasteiger partial charge >= 0.3 is 0 Å². The molecular weight excluding hydrogens is 364 g/mol. The standard InChI is InChI=1S/C21H17ClN2O3/c22-18-8-4-3-7-17(18)21(27)24-23-20(26)12-11-19(25)16-10-9-14-5-1-2-6-15(14)13-16/h1-10,13H,11-12H2,(H,23,26)(H,24,27). The maximum absolute atomic E-state index is 12.3. The van der Waals surface area contributed by atoms with Crippen LogP contribution in [0.3, 0.4) is 0 Å². The minimum atomic E-state index is -0.519. The SMILES string of the molecule is O=C(CCC(=O)c1ccc2ccccc2c1)NNC(=O)c1ccccc1Cl. The second kappa shape index (κ2) is 8.47. The lowest BCUT2D eigenvalue weighted by Gasteiger charge is -2.08. The first kappa shape index (κ1) is 18.6. The van der Waals surface area contributed by atoms with Gasteiger partial charge in [-0.2, -0.15) is 0 Å². The van der Waals surface area contributed by atoms with Gasteiger partial charge in [0.15, 0.2) is 5.78 Å². The van der Waals surface area contributed by atoms with Crippen LogP contribution >= 0.6 is 11.6 Å². The van der Waals surface area contributed by atoms with E-state index in [4.69, 9.17) is 11.6 Å². The molecule has 0 bridgehead atoms. The molecule has 6 heteroatoms. The minimum Gasteiger partial charge on any atom is -0.294 e. The number of benzene rings is 3. The van der Waals surface area contributed by atoms with E-state index in [1.165, 1.54) is 0 Å². The van der Waals surface area contributed by atoms with Crippen molar-refractivity contribution in [2.75, 3.05) is 0 Å². The predicted molar refractivity (Wildman–Crippen MR) is 105 cm³/mol. The minimum absolute atomic E-state index is 0.0333. The van der Waals surface area contributed by atoms with E-state index in [0.29, 0.717) is 5.56 Å². The summed E-state index contributed by atoms with van der Waals surface area (Å²) in [6, 6.07) is 19.7. The molecule has 0 aromatic heterocycles. The molecule has 136 valence electrons. The number of rotatable bonds is 5. The molecule has 3 aromatic carbocycles. The number of nitrogens with one attached hydrogen (secondary N) is 2. The lowest BCUT2D eigenvalue weighted by Crippen LogP contribution is -2.41. The van der Waals surface area contributed by atoms with Gasteiger partial charge in [0.25, 0.3) is 5.91 Å². The molecule has 2 amide bonds. The summed E-state index contributed by atoms with van der Waals surface area (Å²) >= 11 is 5.93. The third-order valence-corrected chi connectivity index (χ3v) is 4.41. The monoisotopic (exact) mass is 380 g/mol. The molecule has 3 rings (SSSR count). The van der Waals surface area contributed by atoms with Crippen molar-refractivity contribution in [2.24, 2.45) is 0 Å². The Morgan fingerprint density at radius 2 is 1.48 bits per heavy atom. The van der Waals surface area contributed by atoms with E-state index in [1.807, 2.05) is 36.4 Å². The van der Waals surface area contributed by atoms with E-state index in [1.54, 1.807) is 30.3 Å². The first-order valence-corrected chi connectivity index (χ1v) is 8.78. The van der Waals surface area contributed by atoms with Crippen LogP contribution in [0.2, 0.25) is 5.02 Å². The highest BCUT2D eigenvalue weighted by Crippen LogP contribution is 2.17. The van der Waals surface area contributed by atoms with Gasteiger partial charge in [0.1, 0.15) is 0 Å². The number of carbonyl (C=O) groups is 3. The summed E-state index contributed by atoms with van der Waals surface area (Å²) in [6.07, 6.45) is 0.0145. The number of amides is 2. The fraction of sp³-hybridized carbons (Fsp3) is 0.0952. The van der Waals surface area contributed by atoms with E-state index in [-0.39, 0.29) is 29.2 Å². The third-order valence-electron chi connectivity index (χ3n) is 4.08. The van der Waals surface area contributed by atoms with E-state index in [0.717, 1.165) is 10.8 Å². The van der Waals surface area contributed by atoms with Crippen molar-refractivity contribution in [3.63, 3.8) is 0 Å². The van der Waals surface area contributed by atoms with Crippen LogP contribution in [0.1, 0.15) is 33.6 Å². The third kappa shape index (κ3) is 4.71. The highest BCUT2D eigenvalue weighted by atomic mass is 35.5. The van der Waals surface area contributed by atoms with Gasteiger partial charge in [0, 0.05) is 18.4 Å². The molecule has 0 aliphatic rings. The van der Waals surface area contributed by atoms with Crippen LogP contribution in [0.15, 0.2) is 66.7 Å². The van der Waals surface area contributed by atoms with Crippen molar-refractivity contribution >= 4 is 40.0 Å². The molecule has 0 aliphatic heterocycles. The van der Waals surface area contributed by atoms with Crippen molar-refractivity contribution < 1.29 is 14.4 Å². The fourth-order valence-electron chi connectivity index (χ4n) is 2.64. The molecular formula is C21H17ClN2O3. The Bertz CT molecular complexity index is 1020. The van der Waals surface area contributed by atoms with Crippen LogP contribution in [-0.4, -0.2) is 17.6 Å². The summed E-state index contributed by atoms with van der Waals surface area (Å²) in [6.45, 7) is 0. The zero-order valence-electron chi connectivity index (χ0n) is 14.4. The van der Waals surface area contributed by atoms with Crippen LogP contribution in [0, 0.1) is 0 Å². The molecule has 0 heterocycles. The maximum atomic E-state index is 12.3. The Hall–Kier alpha value is -3.18. The Labute approximate surface area is 161 Å². The number of fused-ring (bicyclic) bond motifs is 1. The van der Waals surface area contributed by atoms with Gasteiger partial charge in [-0.25, -0.2) is 0 Å². The smallest absolute Gasteiger partial charge is 0.271 e. The first-order valence-electron chi connectivity index (χ1n) is 8.40. The normalized spacial score (nSPS) is 10.4. The Morgan fingerprint density at radius 3 is 2.26 bits per heavy atom. The fourth-order valence-corrected chi connectivity index (χ4v) is 2.86. The molecule has 0 fully saturated rings. The molecule has 0 atom stereocenters. The van der Waals surface area contributed by atoms with Crippen molar-refractivity contribution in [1.29, 1.82) is 0 Å². The van der Waals surface area contributed by atoms with Gasteiger partial charge in [-0.1, -0.05) is 60.1 Å². The van der Waals surface area contributed by atoms with Crippen molar-refractivity contribution in [1.82, 2.24) is 10.9 Å². The van der Waals surface area contributed by atoms with Crippen LogP contribution in [0.5, 0.6) is 0 Å². The average molecular weight is 381 g/mol. The molecule has 27 heavy (non-hydrogen) atoms. The second-order valence-electron chi connectivity index (χ2n) is 5.97. The molecule has 3 aromatic rings. The Morgan fingerprint density at radius 1 is 0.778 bits per heavy atom. The summed E-state index contributed by atoms with van der Waals surface area (Å²) in [7, 11) is 0. The van der Waals surface area contributed by atoms with E-state index < -0.39 is 11.8 Å². The summed E-state index contributed by atoms with van der Waals surface area (Å²) < 4.78 is 0. The summed E-state index contributed by atoms with van der Waals surface area (Å²) in [5, 5.41) is 2.31. The van der Waals surface area contributed by atoms with Gasteiger partial charge in [0.05, 0.1) is 10.6 Å². The molecule has 0 saturated carbocycles. The lowest BCUT2D eigenvalue weighted by atomic mass is 10.0. The van der Waals surface area contributed by atoms with Crippen molar-refractivity contribution in [3.05, 3.63) is 82.9 Å². The summed E-state index contributed by atoms with van der Waals surface area (Å²) in [5.41, 5.74) is 5.40. The number of hydrogen-bond acceptors (Lipinski definition) is 3. The largest absolute Gasteiger partial charge is 0.294 e. The highest BCUT2D eigenvalue weighted by Gasteiger charge is 2.13. The number of ketones is 1. The lowest BCUT2D eigenvalue weighted by molar-refractivity contribution is -0.121. The van der Waals surface area contributed by atoms with E-state index in [2.05, 4.69) is 10.9 Å². The molecule has 2 N–H and O–H groups in total. The predicted octanol–water partition coefficient (Wildman–Crippen LogP) is 3.92. The van der Waals surface area contributed by atoms with Crippen molar-refractivity contribution in [3.8, 4) is 0 Å². The van der Waals surface area contributed by atoms with E-state index >= 15 is 0 Å². The van der Waals surface area contributed by atoms with Crippen LogP contribution in [0.25, 0.3) is 10.8 Å². The number of halogens is 1. The molecule has 5 nitrogen and oxygen atoms in total. The van der Waals surface area contributed by atoms with Crippen LogP contribution in [0.4, 0.5) is 0 Å². The van der Waals surface area contributed by atoms with Gasteiger partial charge < -0.3 is 0 Å². The highest BCUT2D eigenvalue weighted by molar-refractivity contribution is 6.33. The molecule has 0 radical (unpaired) electrons.